The lowest BCUT2D eigenvalue weighted by Gasteiger charge is -2.18. The molecule has 1 aliphatic carbocycles. The lowest BCUT2D eigenvalue weighted by Crippen LogP contribution is -2.33. The van der Waals surface area contributed by atoms with Crippen molar-refractivity contribution in [3.8, 4) is 0 Å². The van der Waals surface area contributed by atoms with Crippen molar-refractivity contribution in [2.24, 2.45) is 0 Å². The first kappa shape index (κ1) is 17.2. The van der Waals surface area contributed by atoms with Gasteiger partial charge in [-0.25, -0.2) is 13.8 Å². The van der Waals surface area contributed by atoms with Gasteiger partial charge in [-0.1, -0.05) is 6.07 Å². The fourth-order valence-corrected chi connectivity index (χ4v) is 2.49. The highest BCUT2D eigenvalue weighted by Gasteiger charge is 2.27. The summed E-state index contributed by atoms with van der Waals surface area (Å²) in [4.78, 5) is 31.0. The zero-order valence-corrected chi connectivity index (χ0v) is 13.5. The number of nitrogens with one attached hydrogen (secondary N) is 2. The summed E-state index contributed by atoms with van der Waals surface area (Å²) in [6.45, 7) is 0.0511. The molecule has 2 aromatic rings. The molecule has 1 heterocycles. The van der Waals surface area contributed by atoms with Crippen LogP contribution in [0.15, 0.2) is 29.1 Å². The molecule has 1 fully saturated rings. The normalized spacial score (nSPS) is 15.0. The van der Waals surface area contributed by atoms with Crippen molar-refractivity contribution in [3.63, 3.8) is 0 Å². The van der Waals surface area contributed by atoms with Crippen LogP contribution < -0.4 is 10.9 Å². The molecule has 8 heteroatoms. The van der Waals surface area contributed by atoms with Crippen LogP contribution in [0, 0.1) is 11.6 Å². The number of methoxy groups -OCH3 is 1. The minimum atomic E-state index is -1.02. The van der Waals surface area contributed by atoms with E-state index in [9.17, 15) is 18.4 Å². The molecule has 1 unspecified atom stereocenters. The maximum atomic E-state index is 13.5. The minimum absolute atomic E-state index is 0.0191. The van der Waals surface area contributed by atoms with Gasteiger partial charge in [-0.15, -0.1) is 0 Å². The van der Waals surface area contributed by atoms with Crippen LogP contribution in [0.5, 0.6) is 0 Å². The van der Waals surface area contributed by atoms with Crippen LogP contribution in [0.3, 0.4) is 0 Å². The Morgan fingerprint density at radius 2 is 2.12 bits per heavy atom. The van der Waals surface area contributed by atoms with E-state index >= 15 is 0 Å². The third-order valence-corrected chi connectivity index (χ3v) is 3.94. The summed E-state index contributed by atoms with van der Waals surface area (Å²) in [6, 6.07) is 3.74. The number of H-pyrrole nitrogens is 1. The zero-order chi connectivity index (χ0) is 18.0. The molecule has 0 radical (unpaired) electrons. The Balaban J connectivity index is 1.83. The van der Waals surface area contributed by atoms with E-state index in [-0.39, 0.29) is 18.2 Å². The average molecular weight is 349 g/mol. The van der Waals surface area contributed by atoms with Crippen LogP contribution in [-0.4, -0.2) is 29.6 Å². The third kappa shape index (κ3) is 4.08. The largest absolute Gasteiger partial charge is 0.382 e. The number of rotatable bonds is 6. The van der Waals surface area contributed by atoms with Crippen LogP contribution in [0.4, 0.5) is 8.78 Å². The summed E-state index contributed by atoms with van der Waals surface area (Å²) >= 11 is 0. The Bertz CT molecular complexity index is 849. The molecule has 0 bridgehead atoms. The summed E-state index contributed by atoms with van der Waals surface area (Å²) < 4.78 is 31.6. The first-order valence-corrected chi connectivity index (χ1v) is 7.84. The maximum Gasteiger partial charge on any atom is 0.270 e. The van der Waals surface area contributed by atoms with Crippen LogP contribution in [0.1, 0.15) is 46.7 Å². The van der Waals surface area contributed by atoms with E-state index in [4.69, 9.17) is 4.74 Å². The van der Waals surface area contributed by atoms with Gasteiger partial charge in [0.15, 0.2) is 11.6 Å². The molecule has 0 saturated heterocycles. The number of ether oxygens (including phenoxy) is 1. The number of nitrogens with zero attached hydrogens (tertiary/aromatic N) is 1. The number of benzene rings is 1. The van der Waals surface area contributed by atoms with Gasteiger partial charge in [0.25, 0.3) is 11.5 Å². The summed E-state index contributed by atoms with van der Waals surface area (Å²) in [5.74, 6) is -1.90. The Kier molecular flexibility index (Phi) is 4.89. The molecule has 1 amide bonds. The topological polar surface area (TPSA) is 84.1 Å². The van der Waals surface area contributed by atoms with Crippen molar-refractivity contribution in [1.82, 2.24) is 15.3 Å². The number of halogens is 2. The molecule has 6 nitrogen and oxygen atoms in total. The zero-order valence-electron chi connectivity index (χ0n) is 13.5. The Hall–Kier alpha value is -2.61. The van der Waals surface area contributed by atoms with Crippen molar-refractivity contribution in [2.45, 2.75) is 24.8 Å². The van der Waals surface area contributed by atoms with Crippen LogP contribution >= 0.6 is 0 Å². The number of carbonyl (C=O) groups excluding carboxylic acids is 1. The lowest BCUT2D eigenvalue weighted by atomic mass is 10.1. The summed E-state index contributed by atoms with van der Waals surface area (Å²) in [5.41, 5.74) is -0.0751. The number of hydrogen-bond acceptors (Lipinski definition) is 4. The second kappa shape index (κ2) is 7.10. The number of aromatic nitrogens is 2. The van der Waals surface area contributed by atoms with E-state index in [0.717, 1.165) is 31.0 Å². The highest BCUT2D eigenvalue weighted by atomic mass is 19.2. The fourth-order valence-electron chi connectivity index (χ4n) is 2.49. The number of amides is 1. The summed E-state index contributed by atoms with van der Waals surface area (Å²) in [7, 11) is 1.43. The molecular formula is C17H17F2N3O3. The molecule has 3 rings (SSSR count). The quantitative estimate of drug-likeness (QED) is 0.836. The number of hydrogen-bond donors (Lipinski definition) is 2. The lowest BCUT2D eigenvalue weighted by molar-refractivity contribution is 0.0890. The smallest absolute Gasteiger partial charge is 0.270 e. The van der Waals surface area contributed by atoms with Gasteiger partial charge in [-0.05, 0) is 30.5 Å². The predicted octanol–water partition coefficient (Wildman–Crippen LogP) is 2.04. The van der Waals surface area contributed by atoms with Crippen molar-refractivity contribution < 1.29 is 18.3 Å². The molecule has 1 saturated carbocycles. The van der Waals surface area contributed by atoms with Crippen molar-refractivity contribution in [2.75, 3.05) is 13.7 Å². The van der Waals surface area contributed by atoms with Gasteiger partial charge in [-0.3, -0.25) is 9.59 Å². The fraction of sp³-hybridized carbons (Fsp3) is 0.353. The molecule has 0 spiro atoms. The number of aromatic amines is 1. The molecule has 25 heavy (non-hydrogen) atoms. The highest BCUT2D eigenvalue weighted by molar-refractivity contribution is 5.92. The van der Waals surface area contributed by atoms with E-state index < -0.39 is 29.1 Å². The average Bonchev–Trinajstić information content (AvgIpc) is 3.41. The Morgan fingerprint density at radius 3 is 2.76 bits per heavy atom. The van der Waals surface area contributed by atoms with E-state index in [1.54, 1.807) is 0 Å². The molecule has 1 atom stereocenters. The van der Waals surface area contributed by atoms with E-state index in [1.807, 2.05) is 0 Å². The molecular weight excluding hydrogens is 332 g/mol. The van der Waals surface area contributed by atoms with Gasteiger partial charge >= 0.3 is 0 Å². The Labute approximate surface area is 142 Å². The maximum absolute atomic E-state index is 13.5. The second-order valence-corrected chi connectivity index (χ2v) is 5.95. The van der Waals surface area contributed by atoms with E-state index in [0.29, 0.717) is 11.4 Å². The first-order chi connectivity index (χ1) is 12.0. The predicted molar refractivity (Wildman–Crippen MR) is 85.3 cm³/mol. The molecule has 132 valence electrons. The van der Waals surface area contributed by atoms with Crippen molar-refractivity contribution >= 4 is 5.91 Å². The van der Waals surface area contributed by atoms with Gasteiger partial charge in [0.2, 0.25) is 0 Å². The summed E-state index contributed by atoms with van der Waals surface area (Å²) in [6.07, 6.45) is 1.85. The van der Waals surface area contributed by atoms with Crippen molar-refractivity contribution in [3.05, 3.63) is 63.3 Å². The van der Waals surface area contributed by atoms with Gasteiger partial charge in [0.1, 0.15) is 11.5 Å². The SMILES string of the molecule is COCC(NC(=O)c1cc(=O)[nH]c(C2CC2)n1)c1ccc(F)c(F)c1. The Morgan fingerprint density at radius 1 is 1.36 bits per heavy atom. The van der Waals surface area contributed by atoms with Gasteiger partial charge < -0.3 is 15.0 Å². The van der Waals surface area contributed by atoms with Crippen LogP contribution in [-0.2, 0) is 4.74 Å². The molecule has 2 N–H and O–H groups in total. The van der Waals surface area contributed by atoms with Crippen molar-refractivity contribution in [1.29, 1.82) is 0 Å². The van der Waals surface area contributed by atoms with Crippen LogP contribution in [0.25, 0.3) is 0 Å². The number of carbonyl (C=O) groups is 1. The monoisotopic (exact) mass is 349 g/mol. The van der Waals surface area contributed by atoms with Gasteiger partial charge in [-0.2, -0.15) is 0 Å². The van der Waals surface area contributed by atoms with Gasteiger partial charge in [0, 0.05) is 19.1 Å². The standard InChI is InChI=1S/C17H17F2N3O3/c1-25-8-14(10-4-5-11(18)12(19)6-10)21-17(24)13-7-15(23)22-16(20-13)9-2-3-9/h4-7,9,14H,2-3,8H2,1H3,(H,21,24)(H,20,22,23). The highest BCUT2D eigenvalue weighted by Crippen LogP contribution is 2.37. The van der Waals surface area contributed by atoms with Crippen LogP contribution in [0.2, 0.25) is 0 Å². The molecule has 1 aliphatic rings. The van der Waals surface area contributed by atoms with E-state index in [1.165, 1.54) is 13.2 Å². The van der Waals surface area contributed by atoms with Gasteiger partial charge in [0.05, 0.1) is 12.6 Å². The minimum Gasteiger partial charge on any atom is -0.382 e. The molecule has 1 aromatic heterocycles. The second-order valence-electron chi connectivity index (χ2n) is 5.95. The third-order valence-electron chi connectivity index (χ3n) is 3.94. The first-order valence-electron chi connectivity index (χ1n) is 7.84. The molecule has 0 aliphatic heterocycles. The summed E-state index contributed by atoms with van der Waals surface area (Å²) in [5, 5.41) is 2.64. The van der Waals surface area contributed by atoms with E-state index in [2.05, 4.69) is 15.3 Å². The molecule has 1 aromatic carbocycles.